The minimum atomic E-state index is -0.611. The molecule has 152 valence electrons. The van der Waals surface area contributed by atoms with Crippen LogP contribution in [0.3, 0.4) is 0 Å². The minimum Gasteiger partial charge on any atom is -0.497 e. The Morgan fingerprint density at radius 3 is 2.70 bits per heavy atom. The van der Waals surface area contributed by atoms with Crippen LogP contribution in [0, 0.1) is 0 Å². The van der Waals surface area contributed by atoms with Crippen molar-refractivity contribution in [3.05, 3.63) is 78.4 Å². The molecule has 1 N–H and O–H groups in total. The Balaban J connectivity index is 1.46. The molecule has 30 heavy (non-hydrogen) atoms. The van der Waals surface area contributed by atoms with Crippen LogP contribution in [0.4, 0.5) is 5.69 Å². The molecule has 0 radical (unpaired) electrons. The first-order chi connectivity index (χ1) is 14.6. The van der Waals surface area contributed by atoms with E-state index < -0.39 is 6.10 Å². The second-order valence-corrected chi connectivity index (χ2v) is 7.86. The van der Waals surface area contributed by atoms with E-state index in [0.29, 0.717) is 6.61 Å². The van der Waals surface area contributed by atoms with Crippen LogP contribution >= 0.6 is 11.3 Å². The van der Waals surface area contributed by atoms with Crippen LogP contribution in [0.2, 0.25) is 0 Å². The fourth-order valence-electron chi connectivity index (χ4n) is 3.06. The molecule has 0 fully saturated rings. The van der Waals surface area contributed by atoms with Crippen molar-refractivity contribution in [1.82, 2.24) is 4.98 Å². The molecule has 1 heterocycles. The van der Waals surface area contributed by atoms with Crippen molar-refractivity contribution in [2.24, 2.45) is 0 Å². The van der Waals surface area contributed by atoms with E-state index in [1.165, 1.54) is 0 Å². The predicted molar refractivity (Wildman–Crippen MR) is 121 cm³/mol. The largest absolute Gasteiger partial charge is 0.497 e. The van der Waals surface area contributed by atoms with E-state index in [9.17, 15) is 4.79 Å². The average molecular weight is 419 g/mol. The summed E-state index contributed by atoms with van der Waals surface area (Å²) < 4.78 is 12.1. The third kappa shape index (κ3) is 4.50. The van der Waals surface area contributed by atoms with Gasteiger partial charge in [0, 0.05) is 5.56 Å². The maximum absolute atomic E-state index is 12.7. The van der Waals surface area contributed by atoms with Crippen molar-refractivity contribution in [1.29, 1.82) is 0 Å². The Kier molecular flexibility index (Phi) is 6.07. The maximum atomic E-state index is 12.7. The third-order valence-electron chi connectivity index (χ3n) is 4.71. The Hall–Kier alpha value is -3.22. The number of thiazole rings is 1. The first-order valence-electron chi connectivity index (χ1n) is 9.64. The predicted octanol–water partition coefficient (Wildman–Crippen LogP) is 5.52. The summed E-state index contributed by atoms with van der Waals surface area (Å²) in [5.41, 5.74) is 3.52. The third-order valence-corrected chi connectivity index (χ3v) is 5.78. The number of carbonyl (C=O) groups is 1. The topological polar surface area (TPSA) is 60.5 Å². The van der Waals surface area contributed by atoms with Crippen LogP contribution in [0.5, 0.6) is 5.75 Å². The van der Waals surface area contributed by atoms with Crippen molar-refractivity contribution in [3.63, 3.8) is 0 Å². The molecule has 5 nitrogen and oxygen atoms in total. The lowest BCUT2D eigenvalue weighted by Crippen LogP contribution is -2.27. The van der Waals surface area contributed by atoms with E-state index in [-0.39, 0.29) is 5.91 Å². The summed E-state index contributed by atoms with van der Waals surface area (Å²) >= 11 is 1.61. The van der Waals surface area contributed by atoms with Gasteiger partial charge in [-0.25, -0.2) is 4.98 Å². The Labute approximate surface area is 179 Å². The molecule has 6 heteroatoms. The lowest BCUT2D eigenvalue weighted by atomic mass is 10.1. The van der Waals surface area contributed by atoms with E-state index >= 15 is 0 Å². The molecule has 4 aromatic rings. The summed E-state index contributed by atoms with van der Waals surface area (Å²) in [6.45, 7) is 2.07. The van der Waals surface area contributed by atoms with Gasteiger partial charge >= 0.3 is 0 Å². The number of anilines is 1. The van der Waals surface area contributed by atoms with Gasteiger partial charge in [-0.05, 0) is 48.9 Å². The number of nitrogens with zero attached hydrogens (tertiary/aromatic N) is 1. The van der Waals surface area contributed by atoms with Gasteiger partial charge in [-0.2, -0.15) is 0 Å². The van der Waals surface area contributed by atoms with Crippen LogP contribution in [-0.2, 0) is 16.1 Å². The second-order valence-electron chi connectivity index (χ2n) is 6.83. The molecule has 1 unspecified atom stereocenters. The van der Waals surface area contributed by atoms with E-state index in [0.717, 1.165) is 37.8 Å². The zero-order chi connectivity index (χ0) is 20.9. The molecule has 1 amide bonds. The number of hydrogen-bond acceptors (Lipinski definition) is 5. The summed E-state index contributed by atoms with van der Waals surface area (Å²) in [6.07, 6.45) is -0.611. The van der Waals surface area contributed by atoms with Crippen LogP contribution < -0.4 is 10.1 Å². The van der Waals surface area contributed by atoms with Crippen LogP contribution in [-0.4, -0.2) is 24.1 Å². The minimum absolute atomic E-state index is 0.202. The number of amides is 1. The van der Waals surface area contributed by atoms with E-state index in [1.54, 1.807) is 25.4 Å². The number of rotatable bonds is 7. The monoisotopic (exact) mass is 418 g/mol. The van der Waals surface area contributed by atoms with E-state index in [2.05, 4.69) is 5.32 Å². The van der Waals surface area contributed by atoms with E-state index in [1.807, 2.05) is 72.8 Å². The second kappa shape index (κ2) is 9.07. The number of benzene rings is 3. The van der Waals surface area contributed by atoms with Gasteiger partial charge in [0.15, 0.2) is 0 Å². The van der Waals surface area contributed by atoms with Crippen molar-refractivity contribution in [3.8, 4) is 16.3 Å². The first kappa shape index (κ1) is 20.1. The van der Waals surface area contributed by atoms with Gasteiger partial charge < -0.3 is 14.8 Å². The standard InChI is InChI=1S/C24H22N2O3S/c1-16(29-15-17-8-7-9-18(14-17)28-2)23(27)25-20-11-4-3-10-19(20)24-26-21-12-5-6-13-22(21)30-24/h3-14,16H,15H2,1-2H3,(H,25,27). The van der Waals surface area contributed by atoms with Crippen molar-refractivity contribution in [2.45, 2.75) is 19.6 Å². The fourth-order valence-corrected chi connectivity index (χ4v) is 4.06. The maximum Gasteiger partial charge on any atom is 0.253 e. The first-order valence-corrected chi connectivity index (χ1v) is 10.5. The SMILES string of the molecule is COc1cccc(COC(C)C(=O)Nc2ccccc2-c2nc3ccccc3s2)c1. The molecule has 4 rings (SSSR count). The lowest BCUT2D eigenvalue weighted by Gasteiger charge is -2.15. The highest BCUT2D eigenvalue weighted by Gasteiger charge is 2.17. The zero-order valence-corrected chi connectivity index (χ0v) is 17.6. The Morgan fingerprint density at radius 1 is 1.07 bits per heavy atom. The quantitative estimate of drug-likeness (QED) is 0.430. The summed E-state index contributed by atoms with van der Waals surface area (Å²) in [5.74, 6) is 0.560. The summed E-state index contributed by atoms with van der Waals surface area (Å²) in [4.78, 5) is 17.4. The molecule has 3 aromatic carbocycles. The highest BCUT2D eigenvalue weighted by Crippen LogP contribution is 2.34. The summed E-state index contributed by atoms with van der Waals surface area (Å²) in [5, 5.41) is 3.86. The molecule has 0 aliphatic carbocycles. The molecule has 0 aliphatic heterocycles. The van der Waals surface area contributed by atoms with Gasteiger partial charge in [-0.1, -0.05) is 36.4 Å². The molecule has 1 aromatic heterocycles. The number of hydrogen-bond donors (Lipinski definition) is 1. The fraction of sp³-hybridized carbons (Fsp3) is 0.167. The van der Waals surface area contributed by atoms with Crippen LogP contribution in [0.25, 0.3) is 20.8 Å². The molecule has 0 saturated heterocycles. The number of ether oxygens (including phenoxy) is 2. The van der Waals surface area contributed by atoms with Gasteiger partial charge in [-0.3, -0.25) is 4.79 Å². The number of fused-ring (bicyclic) bond motifs is 1. The van der Waals surface area contributed by atoms with Gasteiger partial charge in [-0.15, -0.1) is 11.3 Å². The number of nitrogens with one attached hydrogen (secondary N) is 1. The molecule has 0 aliphatic rings. The van der Waals surface area contributed by atoms with Gasteiger partial charge in [0.1, 0.15) is 16.9 Å². The Bertz CT molecular complexity index is 1140. The number of carbonyl (C=O) groups excluding carboxylic acids is 1. The average Bonchev–Trinajstić information content (AvgIpc) is 3.22. The molecule has 0 spiro atoms. The van der Waals surface area contributed by atoms with Gasteiger partial charge in [0.05, 0.1) is 29.6 Å². The highest BCUT2D eigenvalue weighted by atomic mass is 32.1. The summed E-state index contributed by atoms with van der Waals surface area (Å²) in [7, 11) is 1.62. The van der Waals surface area contributed by atoms with Crippen molar-refractivity contribution >= 4 is 33.1 Å². The normalized spacial score (nSPS) is 11.9. The Morgan fingerprint density at radius 2 is 1.87 bits per heavy atom. The number of aromatic nitrogens is 1. The molecular weight excluding hydrogens is 396 g/mol. The smallest absolute Gasteiger partial charge is 0.253 e. The van der Waals surface area contributed by atoms with Crippen LogP contribution in [0.15, 0.2) is 72.8 Å². The van der Waals surface area contributed by atoms with Crippen molar-refractivity contribution < 1.29 is 14.3 Å². The number of methoxy groups -OCH3 is 1. The van der Waals surface area contributed by atoms with E-state index in [4.69, 9.17) is 14.5 Å². The van der Waals surface area contributed by atoms with Crippen LogP contribution in [0.1, 0.15) is 12.5 Å². The van der Waals surface area contributed by atoms with Crippen molar-refractivity contribution in [2.75, 3.05) is 12.4 Å². The number of para-hydroxylation sites is 2. The zero-order valence-electron chi connectivity index (χ0n) is 16.8. The molecular formula is C24H22N2O3S. The summed E-state index contributed by atoms with van der Waals surface area (Å²) in [6, 6.07) is 23.3. The van der Waals surface area contributed by atoms with Gasteiger partial charge in [0.2, 0.25) is 0 Å². The highest BCUT2D eigenvalue weighted by molar-refractivity contribution is 7.21. The molecule has 0 saturated carbocycles. The molecule has 0 bridgehead atoms. The van der Waals surface area contributed by atoms with Gasteiger partial charge in [0.25, 0.3) is 5.91 Å². The lowest BCUT2D eigenvalue weighted by molar-refractivity contribution is -0.127. The molecule has 1 atom stereocenters.